The maximum Gasteiger partial charge on any atom is 0.326 e. The van der Waals surface area contributed by atoms with Crippen molar-refractivity contribution in [1.82, 2.24) is 84.2 Å². The number of likely N-dealkylation sites (tertiary alicyclic amines) is 2. The number of carbonyl (C=O) groups is 18. The zero-order valence-electron chi connectivity index (χ0n) is 77.2. The molecule has 0 aliphatic carbocycles. The lowest BCUT2D eigenvalue weighted by Gasteiger charge is -2.33. The van der Waals surface area contributed by atoms with E-state index in [4.69, 9.17) is 51.6 Å². The van der Waals surface area contributed by atoms with Crippen molar-refractivity contribution in [2.45, 2.75) is 315 Å². The summed E-state index contributed by atoms with van der Waals surface area (Å²) in [5.74, 6) is -17.9. The molecule has 129 heavy (non-hydrogen) atoms. The molecule has 2 saturated heterocycles. The van der Waals surface area contributed by atoms with Gasteiger partial charge in [0.15, 0.2) is 11.9 Å². The molecule has 0 radical (unpaired) electrons. The molecule has 2 aliphatic heterocycles. The number of hydrogen-bond acceptors (Lipinski definition) is 24. The lowest BCUT2D eigenvalue weighted by Crippen LogP contribution is -2.61. The number of unbranched alkanes of at least 4 members (excludes halogenated alkanes) is 3. The van der Waals surface area contributed by atoms with Gasteiger partial charge in [0.1, 0.15) is 84.6 Å². The number of carbonyl (C=O) groups excluding carboxylic acids is 17. The SMILES string of the molecule is CC[C@H](C)[C@H](NC(=O)[C@@H](NC(=O)[C@@H](NC(=O)[C@H](CCCN=C(N)N)NC(=O)[C@H](CCCCN)NC(=O)[C@H](C)NC(=O)[C@H](CCCN=C(N)N)NC(=O)CNC(=O)[C@@H](NC(=O)[C@H](CCC(N)=O)NC(=O)CNC(=O)[C@H](CC(C)C)NC(=O)[C@H](CCCCN)NC(=O)[C@@H]1CCCN1C(=O)[C@@H]1CCCN1C(=O)[C@H](C)NC(=O)[C@@H](N)CCCCN)[C@@H](C)CC)C(C)C)C(C)C)C(=O)O. The van der Waals surface area contributed by atoms with E-state index in [1.165, 1.54) is 23.6 Å². The van der Waals surface area contributed by atoms with Crippen molar-refractivity contribution in [2.24, 2.45) is 91.2 Å². The van der Waals surface area contributed by atoms with Crippen molar-refractivity contribution < 1.29 is 91.4 Å². The van der Waals surface area contributed by atoms with Gasteiger partial charge in [-0.25, -0.2) is 4.79 Å². The molecule has 33 N–H and O–H groups in total. The second kappa shape index (κ2) is 59.9. The highest BCUT2D eigenvalue weighted by atomic mass is 16.4. The molecule has 46 heteroatoms. The number of aliphatic imine (C=N–C) groups is 2. The number of nitrogens with zero attached hydrogens (tertiary/aromatic N) is 4. The summed E-state index contributed by atoms with van der Waals surface area (Å²) in [6.07, 6.45) is 4.32. The zero-order chi connectivity index (χ0) is 97.5. The predicted molar refractivity (Wildman–Crippen MR) is 481 cm³/mol. The monoisotopic (exact) mass is 1830 g/mol. The van der Waals surface area contributed by atoms with Crippen molar-refractivity contribution in [3.8, 4) is 0 Å². The first-order valence-electron chi connectivity index (χ1n) is 45.1. The highest BCUT2D eigenvalue weighted by Gasteiger charge is 2.45. The maximum absolute atomic E-state index is 14.4. The van der Waals surface area contributed by atoms with E-state index in [0.29, 0.717) is 70.8 Å². The Labute approximate surface area is 755 Å². The van der Waals surface area contributed by atoms with Crippen molar-refractivity contribution in [3.63, 3.8) is 0 Å². The second-order valence-corrected chi connectivity index (χ2v) is 34.3. The van der Waals surface area contributed by atoms with Gasteiger partial charge in [-0.15, -0.1) is 0 Å². The summed E-state index contributed by atoms with van der Waals surface area (Å²) >= 11 is 0. The molecule has 46 nitrogen and oxygen atoms in total. The van der Waals surface area contributed by atoms with Crippen LogP contribution in [0.25, 0.3) is 0 Å². The van der Waals surface area contributed by atoms with E-state index < -0.39 is 247 Å². The number of primary amides is 1. The summed E-state index contributed by atoms with van der Waals surface area (Å²) in [5, 5.41) is 46.2. The summed E-state index contributed by atoms with van der Waals surface area (Å²) in [6.45, 7) is 19.2. The number of nitrogens with one attached hydrogen (secondary N) is 14. The van der Waals surface area contributed by atoms with Gasteiger partial charge in [-0.05, 0) is 179 Å². The summed E-state index contributed by atoms with van der Waals surface area (Å²) in [5.41, 5.74) is 51.0. The minimum Gasteiger partial charge on any atom is -0.480 e. The largest absolute Gasteiger partial charge is 0.480 e. The van der Waals surface area contributed by atoms with Crippen LogP contribution in [0.2, 0.25) is 0 Å². The Hall–Kier alpha value is -11.2. The summed E-state index contributed by atoms with van der Waals surface area (Å²) in [4.78, 5) is 260. The minimum absolute atomic E-state index is 0.000182. The Morgan fingerprint density at radius 3 is 1.24 bits per heavy atom. The molecule has 0 saturated carbocycles. The fourth-order valence-corrected chi connectivity index (χ4v) is 14.4. The standard InChI is InChI=1S/C83H151N27O19/c1-13-47(9)65(107-74(121)56(32-33-60(88)111)100-61(112)42-95-69(116)57(41-44(3)4)104-72(119)54(27-17-20-36-86)103-75(122)58-30-23-39-109(58)80(127)59-31-24-40-110(59)79(126)50(12)98-68(115)51(87)25-15-18-34-84)76(123)96-43-62(113)99-52(28-21-37-93-82(89)90)70(117)97-49(11)67(114)101-53(26-16-19-35-85)71(118)102-55(29-22-38-94-83(91)92)73(120)105-63(45(5)6)77(124)106-64(46(7)8)78(125)108-66(81(128)129)48(10)14-2/h44-59,63-66H,13-43,84-87H2,1-12H3,(H2,88,111)(H,95,116)(H,96,123)(H,97,117)(H,98,115)(H,99,113)(H,100,112)(H,101,114)(H,102,118)(H,103,122)(H,104,119)(H,105,120)(H,106,124)(H,107,121)(H,108,125)(H,128,129)(H4,89,90,93)(H4,91,92,94)/t47-,48-,49-,50-,51-,52-,53-,54-,55-,56-,57-,58-,59-,63-,64-,65-,66-/m0/s1. The number of aliphatic carboxylic acids is 1. The molecule has 17 amide bonds. The van der Waals surface area contributed by atoms with Crippen LogP contribution in [0.5, 0.6) is 0 Å². The maximum atomic E-state index is 14.4. The summed E-state index contributed by atoms with van der Waals surface area (Å²) < 4.78 is 0. The number of carboxylic acids is 1. The van der Waals surface area contributed by atoms with Gasteiger partial charge in [-0.2, -0.15) is 0 Å². The van der Waals surface area contributed by atoms with Crippen LogP contribution in [0.3, 0.4) is 0 Å². The van der Waals surface area contributed by atoms with Crippen LogP contribution in [-0.2, 0) is 86.3 Å². The topological polar surface area (TPSA) is 761 Å². The molecule has 732 valence electrons. The number of rotatable bonds is 62. The van der Waals surface area contributed by atoms with Gasteiger partial charge < -0.3 is 141 Å². The lowest BCUT2D eigenvalue weighted by atomic mass is 9.96. The Bertz CT molecular complexity index is 3770. The molecule has 2 aliphatic rings. The molecule has 0 aromatic heterocycles. The van der Waals surface area contributed by atoms with Gasteiger partial charge in [0.05, 0.1) is 19.1 Å². The molecule has 0 unspecified atom stereocenters. The first-order chi connectivity index (χ1) is 60.8. The molecule has 2 heterocycles. The lowest BCUT2D eigenvalue weighted by molar-refractivity contribution is -0.148. The van der Waals surface area contributed by atoms with E-state index in [1.54, 1.807) is 69.2 Å². The molecule has 0 spiro atoms. The van der Waals surface area contributed by atoms with Crippen molar-refractivity contribution >= 4 is 118 Å². The number of guanidine groups is 2. The Kier molecular flexibility index (Phi) is 52.9. The van der Waals surface area contributed by atoms with Gasteiger partial charge >= 0.3 is 5.97 Å². The van der Waals surface area contributed by atoms with E-state index in [0.717, 1.165) is 0 Å². The van der Waals surface area contributed by atoms with Crippen molar-refractivity contribution in [2.75, 3.05) is 58.9 Å². The van der Waals surface area contributed by atoms with Crippen LogP contribution in [0.1, 0.15) is 224 Å². The molecule has 0 bridgehead atoms. The van der Waals surface area contributed by atoms with Crippen LogP contribution < -0.4 is 126 Å². The Balaban J connectivity index is 2.34. The van der Waals surface area contributed by atoms with E-state index in [1.807, 2.05) is 0 Å². The van der Waals surface area contributed by atoms with Crippen molar-refractivity contribution in [3.05, 3.63) is 0 Å². The zero-order valence-corrected chi connectivity index (χ0v) is 77.2. The van der Waals surface area contributed by atoms with Crippen LogP contribution in [0.4, 0.5) is 0 Å². The van der Waals surface area contributed by atoms with Crippen LogP contribution in [0.15, 0.2) is 9.98 Å². The Morgan fingerprint density at radius 1 is 0.388 bits per heavy atom. The predicted octanol–water partition coefficient (Wildman–Crippen LogP) is -6.32. The molecule has 0 aromatic rings. The van der Waals surface area contributed by atoms with Gasteiger partial charge in [-0.1, -0.05) is 88.5 Å². The van der Waals surface area contributed by atoms with Crippen LogP contribution in [-0.4, -0.2) is 283 Å². The van der Waals surface area contributed by atoms with Gasteiger partial charge in [-0.3, -0.25) is 91.5 Å². The highest BCUT2D eigenvalue weighted by molar-refractivity contribution is 6.01. The van der Waals surface area contributed by atoms with Crippen molar-refractivity contribution in [1.29, 1.82) is 0 Å². The van der Waals surface area contributed by atoms with Crippen LogP contribution >= 0.6 is 0 Å². The minimum atomic E-state index is -1.57. The number of nitrogens with two attached hydrogens (primary N) is 9. The average Bonchev–Trinajstić information content (AvgIpc) is 1.67. The smallest absolute Gasteiger partial charge is 0.326 e. The quantitative estimate of drug-likeness (QED) is 0.0153. The third-order valence-corrected chi connectivity index (χ3v) is 22.4. The second-order valence-electron chi connectivity index (χ2n) is 34.3. The van der Waals surface area contributed by atoms with E-state index in [-0.39, 0.29) is 121 Å². The third kappa shape index (κ3) is 41.4. The molecular formula is C83H151N27O19. The molecule has 2 fully saturated rings. The molecule has 0 aromatic carbocycles. The number of hydrogen-bond donors (Lipinski definition) is 24. The average molecular weight is 1830 g/mol. The van der Waals surface area contributed by atoms with E-state index in [9.17, 15) is 91.4 Å². The normalized spacial score (nSPS) is 17.1. The molecule has 2 rings (SSSR count). The third-order valence-electron chi connectivity index (χ3n) is 22.4. The molecular weight excluding hydrogens is 1680 g/mol. The number of amides is 17. The van der Waals surface area contributed by atoms with E-state index in [2.05, 4.69) is 84.4 Å². The van der Waals surface area contributed by atoms with E-state index >= 15 is 0 Å². The first kappa shape index (κ1) is 114. The fraction of sp³-hybridized carbons (Fsp3) is 0.759. The fourth-order valence-electron chi connectivity index (χ4n) is 14.4. The number of carboxylic acid groups (broad SMARTS) is 1. The highest BCUT2D eigenvalue weighted by Crippen LogP contribution is 2.27. The summed E-state index contributed by atoms with van der Waals surface area (Å²) in [6, 6.07) is -18.9. The summed E-state index contributed by atoms with van der Waals surface area (Å²) in [7, 11) is 0. The van der Waals surface area contributed by atoms with Gasteiger partial charge in [0.25, 0.3) is 0 Å². The van der Waals surface area contributed by atoms with Gasteiger partial charge in [0.2, 0.25) is 100 Å². The Morgan fingerprint density at radius 2 is 0.775 bits per heavy atom. The van der Waals surface area contributed by atoms with Crippen LogP contribution in [0, 0.1) is 29.6 Å². The first-order valence-corrected chi connectivity index (χ1v) is 45.1. The van der Waals surface area contributed by atoms with Gasteiger partial charge in [0, 0.05) is 32.6 Å². The molecule has 17 atom stereocenters.